The molecule has 1 aromatic carbocycles. The Morgan fingerprint density at radius 1 is 1.30 bits per heavy atom. The maximum atomic E-state index is 12.1. The molecule has 0 aliphatic heterocycles. The summed E-state index contributed by atoms with van der Waals surface area (Å²) in [6, 6.07) is 7.47. The van der Waals surface area contributed by atoms with E-state index in [1.165, 1.54) is 19.3 Å². The molecule has 5 nitrogen and oxygen atoms in total. The van der Waals surface area contributed by atoms with Crippen molar-refractivity contribution in [3.8, 4) is 0 Å². The van der Waals surface area contributed by atoms with Gasteiger partial charge in [0.1, 0.15) is 5.84 Å². The number of anilines is 1. The molecule has 2 unspecified atom stereocenters. The van der Waals surface area contributed by atoms with E-state index in [0.29, 0.717) is 18.3 Å². The first kappa shape index (κ1) is 13.0. The van der Waals surface area contributed by atoms with E-state index in [-0.39, 0.29) is 17.7 Å². The van der Waals surface area contributed by atoms with Gasteiger partial charge in [0, 0.05) is 18.0 Å². The van der Waals surface area contributed by atoms with Crippen molar-refractivity contribution in [3.05, 3.63) is 29.8 Å². The second-order valence-electron chi connectivity index (χ2n) is 5.74. The standard InChI is InChI=1S/C15H19N3O2/c16-13(18-20)8-9-4-6-10(7-5-9)17-15(19)14-11-2-1-3-12(11)14/h4-7,11-12,14,20H,1-3,8H2,(H2,16,18)(H,17,19). The normalized spacial score (nSPS) is 28.0. The van der Waals surface area contributed by atoms with Crippen LogP contribution in [0.25, 0.3) is 0 Å². The van der Waals surface area contributed by atoms with E-state index in [1.807, 2.05) is 24.3 Å². The van der Waals surface area contributed by atoms with Gasteiger partial charge in [0.25, 0.3) is 0 Å². The van der Waals surface area contributed by atoms with Crippen LogP contribution in [-0.4, -0.2) is 17.0 Å². The molecule has 4 N–H and O–H groups in total. The van der Waals surface area contributed by atoms with Crippen LogP contribution in [0.2, 0.25) is 0 Å². The predicted octanol–water partition coefficient (Wildman–Crippen LogP) is 1.96. The monoisotopic (exact) mass is 273 g/mol. The molecule has 0 radical (unpaired) electrons. The van der Waals surface area contributed by atoms with Crippen molar-refractivity contribution in [3.63, 3.8) is 0 Å². The highest BCUT2D eigenvalue weighted by Crippen LogP contribution is 2.57. The van der Waals surface area contributed by atoms with E-state index in [1.54, 1.807) is 0 Å². The first-order valence-electron chi connectivity index (χ1n) is 7.05. The molecule has 3 rings (SSSR count). The van der Waals surface area contributed by atoms with Gasteiger partial charge in [-0.2, -0.15) is 0 Å². The molecule has 2 saturated carbocycles. The summed E-state index contributed by atoms with van der Waals surface area (Å²) in [5, 5.41) is 14.4. The Hall–Kier alpha value is -2.04. The van der Waals surface area contributed by atoms with Crippen LogP contribution < -0.4 is 11.1 Å². The Morgan fingerprint density at radius 2 is 1.95 bits per heavy atom. The lowest BCUT2D eigenvalue weighted by Gasteiger charge is -2.07. The van der Waals surface area contributed by atoms with Gasteiger partial charge < -0.3 is 16.3 Å². The van der Waals surface area contributed by atoms with Crippen molar-refractivity contribution >= 4 is 17.4 Å². The van der Waals surface area contributed by atoms with Gasteiger partial charge in [0.2, 0.25) is 5.91 Å². The number of hydrogen-bond donors (Lipinski definition) is 3. The minimum Gasteiger partial charge on any atom is -0.409 e. The number of carbonyl (C=O) groups excluding carboxylic acids is 1. The van der Waals surface area contributed by atoms with Crippen molar-refractivity contribution in [2.45, 2.75) is 25.7 Å². The highest BCUT2D eigenvalue weighted by molar-refractivity contribution is 5.95. The zero-order valence-corrected chi connectivity index (χ0v) is 11.2. The third-order valence-electron chi connectivity index (χ3n) is 4.44. The summed E-state index contributed by atoms with van der Waals surface area (Å²) in [7, 11) is 0. The molecule has 1 aromatic rings. The Balaban J connectivity index is 1.57. The van der Waals surface area contributed by atoms with Gasteiger partial charge in [-0.15, -0.1) is 0 Å². The molecule has 0 saturated heterocycles. The molecule has 2 aliphatic rings. The van der Waals surface area contributed by atoms with E-state index >= 15 is 0 Å². The van der Waals surface area contributed by atoms with Crippen LogP contribution in [-0.2, 0) is 11.2 Å². The first-order valence-corrected chi connectivity index (χ1v) is 7.05. The summed E-state index contributed by atoms with van der Waals surface area (Å²) in [6.07, 6.45) is 4.10. The Labute approximate surface area is 117 Å². The van der Waals surface area contributed by atoms with Crippen molar-refractivity contribution in [2.24, 2.45) is 28.6 Å². The van der Waals surface area contributed by atoms with Crippen molar-refractivity contribution < 1.29 is 10.0 Å². The van der Waals surface area contributed by atoms with Gasteiger partial charge in [0.15, 0.2) is 0 Å². The number of nitrogens with two attached hydrogens (primary N) is 1. The summed E-state index contributed by atoms with van der Waals surface area (Å²) >= 11 is 0. The third-order valence-corrected chi connectivity index (χ3v) is 4.44. The van der Waals surface area contributed by atoms with E-state index < -0.39 is 0 Å². The first-order chi connectivity index (χ1) is 9.69. The van der Waals surface area contributed by atoms with Crippen molar-refractivity contribution in [1.29, 1.82) is 0 Å². The number of amidine groups is 1. The molecule has 0 spiro atoms. The average molecular weight is 273 g/mol. The summed E-state index contributed by atoms with van der Waals surface area (Å²) in [5.74, 6) is 1.83. The summed E-state index contributed by atoms with van der Waals surface area (Å²) in [6.45, 7) is 0. The van der Waals surface area contributed by atoms with Gasteiger partial charge in [-0.25, -0.2) is 0 Å². The summed E-state index contributed by atoms with van der Waals surface area (Å²) in [4.78, 5) is 12.1. The lowest BCUT2D eigenvalue weighted by atomic mass is 10.1. The van der Waals surface area contributed by atoms with E-state index in [4.69, 9.17) is 10.9 Å². The minimum absolute atomic E-state index is 0.156. The maximum Gasteiger partial charge on any atom is 0.228 e. The quantitative estimate of drug-likeness (QED) is 0.339. The molecule has 0 bridgehead atoms. The minimum atomic E-state index is 0.156. The molecule has 20 heavy (non-hydrogen) atoms. The van der Waals surface area contributed by atoms with Gasteiger partial charge in [0.05, 0.1) is 0 Å². The highest BCUT2D eigenvalue weighted by Gasteiger charge is 2.56. The molecule has 2 aliphatic carbocycles. The molecule has 1 amide bonds. The number of amides is 1. The van der Waals surface area contributed by atoms with E-state index in [9.17, 15) is 4.79 Å². The van der Waals surface area contributed by atoms with Crippen molar-refractivity contribution in [2.75, 3.05) is 5.32 Å². The number of oxime groups is 1. The van der Waals surface area contributed by atoms with Crippen molar-refractivity contribution in [1.82, 2.24) is 0 Å². The van der Waals surface area contributed by atoms with Crippen LogP contribution >= 0.6 is 0 Å². The Bertz CT molecular complexity index is 529. The van der Waals surface area contributed by atoms with Crippen LogP contribution in [0.5, 0.6) is 0 Å². The fourth-order valence-electron chi connectivity index (χ4n) is 3.39. The number of nitrogens with one attached hydrogen (secondary N) is 1. The second-order valence-corrected chi connectivity index (χ2v) is 5.74. The summed E-state index contributed by atoms with van der Waals surface area (Å²) in [5.41, 5.74) is 7.21. The van der Waals surface area contributed by atoms with E-state index in [0.717, 1.165) is 11.3 Å². The molecule has 2 atom stereocenters. The molecule has 0 heterocycles. The molecule has 5 heteroatoms. The Kier molecular flexibility index (Phi) is 3.34. The second kappa shape index (κ2) is 5.15. The molecular formula is C15H19N3O2. The third kappa shape index (κ3) is 2.48. The fourth-order valence-corrected chi connectivity index (χ4v) is 3.39. The maximum absolute atomic E-state index is 12.1. The van der Waals surface area contributed by atoms with Crippen LogP contribution in [0.4, 0.5) is 5.69 Å². The van der Waals surface area contributed by atoms with E-state index in [2.05, 4.69) is 10.5 Å². The lowest BCUT2D eigenvalue weighted by molar-refractivity contribution is -0.118. The zero-order chi connectivity index (χ0) is 14.1. The highest BCUT2D eigenvalue weighted by atomic mass is 16.4. The number of fused-ring (bicyclic) bond motifs is 1. The van der Waals surface area contributed by atoms with Crippen LogP contribution in [0.3, 0.4) is 0 Å². The molecule has 2 fully saturated rings. The smallest absolute Gasteiger partial charge is 0.228 e. The molecule has 0 aromatic heterocycles. The SMILES string of the molecule is N/C(Cc1ccc(NC(=O)C2C3CCCC32)cc1)=N/O. The van der Waals surface area contributed by atoms with Gasteiger partial charge in [-0.05, 0) is 42.4 Å². The number of rotatable bonds is 4. The van der Waals surface area contributed by atoms with Crippen LogP contribution in [0, 0.1) is 17.8 Å². The average Bonchev–Trinajstić information content (AvgIpc) is 2.94. The largest absolute Gasteiger partial charge is 0.409 e. The molecular weight excluding hydrogens is 254 g/mol. The van der Waals surface area contributed by atoms with Gasteiger partial charge in [-0.3, -0.25) is 4.79 Å². The van der Waals surface area contributed by atoms with Crippen LogP contribution in [0.1, 0.15) is 24.8 Å². The predicted molar refractivity (Wildman–Crippen MR) is 76.5 cm³/mol. The topological polar surface area (TPSA) is 87.7 Å². The number of carbonyl (C=O) groups is 1. The number of benzene rings is 1. The lowest BCUT2D eigenvalue weighted by Crippen LogP contribution is -2.17. The number of hydrogen-bond acceptors (Lipinski definition) is 3. The van der Waals surface area contributed by atoms with Crippen LogP contribution in [0.15, 0.2) is 29.4 Å². The number of nitrogens with zero attached hydrogens (tertiary/aromatic N) is 1. The Morgan fingerprint density at radius 3 is 2.55 bits per heavy atom. The van der Waals surface area contributed by atoms with Gasteiger partial charge in [-0.1, -0.05) is 23.7 Å². The van der Waals surface area contributed by atoms with Gasteiger partial charge >= 0.3 is 0 Å². The summed E-state index contributed by atoms with van der Waals surface area (Å²) < 4.78 is 0. The molecule has 106 valence electrons. The zero-order valence-electron chi connectivity index (χ0n) is 11.2. The fraction of sp³-hybridized carbons (Fsp3) is 0.467.